The van der Waals surface area contributed by atoms with Crippen LogP contribution in [0.15, 0.2) is 46.8 Å². The second-order valence-corrected chi connectivity index (χ2v) is 4.19. The van der Waals surface area contributed by atoms with Crippen LogP contribution < -0.4 is 10.3 Å². The molecular weight excluding hydrogens is 230 g/mol. The zero-order valence-corrected chi connectivity index (χ0v) is 10.2. The summed E-state index contributed by atoms with van der Waals surface area (Å²) in [4.78, 5) is 25.7. The summed E-state index contributed by atoms with van der Waals surface area (Å²) in [5.74, 6) is -0.206. The molecule has 0 unspecified atom stereocenters. The van der Waals surface area contributed by atoms with Crippen molar-refractivity contribution in [1.82, 2.24) is 4.98 Å². The first kappa shape index (κ1) is 12.1. The normalized spacial score (nSPS) is 10.1. The maximum absolute atomic E-state index is 11.6. The first-order valence-corrected chi connectivity index (χ1v) is 5.55. The fraction of sp³-hybridized carbons (Fsp3) is 0.143. The van der Waals surface area contributed by atoms with Crippen LogP contribution in [0, 0.1) is 0 Å². The highest BCUT2D eigenvalue weighted by Gasteiger charge is 2.07. The van der Waals surface area contributed by atoms with E-state index in [2.05, 4.69) is 4.98 Å². The van der Waals surface area contributed by atoms with Crippen LogP contribution in [-0.4, -0.2) is 11.0 Å². The molecule has 1 aromatic heterocycles. The lowest BCUT2D eigenvalue weighted by molar-refractivity contribution is -0.128. The number of benzene rings is 1. The van der Waals surface area contributed by atoms with Crippen molar-refractivity contribution < 1.29 is 9.53 Å². The molecule has 2 aromatic rings. The molecule has 2 rings (SSSR count). The number of nitrogens with one attached hydrogen (secondary N) is 1. The molecule has 0 atom stereocenters. The van der Waals surface area contributed by atoms with Crippen molar-refractivity contribution in [3.8, 4) is 5.75 Å². The summed E-state index contributed by atoms with van der Waals surface area (Å²) in [7, 11) is 0. The summed E-state index contributed by atoms with van der Waals surface area (Å²) in [5, 5.41) is 0.701. The number of hydrogen-bond donors (Lipinski definition) is 1. The number of ether oxygens (including phenoxy) is 1. The predicted molar refractivity (Wildman–Crippen MR) is 69.6 cm³/mol. The van der Waals surface area contributed by atoms with Crippen molar-refractivity contribution in [2.45, 2.75) is 13.8 Å². The van der Waals surface area contributed by atoms with Gasteiger partial charge in [-0.25, -0.2) is 4.79 Å². The van der Waals surface area contributed by atoms with Crippen molar-refractivity contribution in [2.75, 3.05) is 0 Å². The van der Waals surface area contributed by atoms with E-state index in [0.29, 0.717) is 10.9 Å². The largest absolute Gasteiger partial charge is 0.422 e. The third-order valence-corrected chi connectivity index (χ3v) is 2.33. The van der Waals surface area contributed by atoms with Gasteiger partial charge in [-0.05, 0) is 26.0 Å². The van der Waals surface area contributed by atoms with Gasteiger partial charge in [-0.2, -0.15) is 0 Å². The molecule has 0 radical (unpaired) electrons. The summed E-state index contributed by atoms with van der Waals surface area (Å²) in [6.45, 7) is 3.61. The third kappa shape index (κ3) is 2.66. The molecule has 0 saturated carbocycles. The van der Waals surface area contributed by atoms with Gasteiger partial charge in [0.15, 0.2) is 0 Å². The van der Waals surface area contributed by atoms with E-state index in [0.717, 1.165) is 5.57 Å². The summed E-state index contributed by atoms with van der Waals surface area (Å²) in [6.07, 6.45) is 1.38. The van der Waals surface area contributed by atoms with Gasteiger partial charge in [0.2, 0.25) is 0 Å². The Kier molecular flexibility index (Phi) is 3.28. The van der Waals surface area contributed by atoms with Crippen molar-refractivity contribution >= 4 is 16.9 Å². The standard InChI is InChI=1S/C14H13NO3/c1-9(2)7-14(17)18-12-8-13(16)15-11-6-4-3-5-10(11)12/h3-8H,1-2H3,(H,15,16). The minimum absolute atomic E-state index is 0.275. The number of hydrogen-bond acceptors (Lipinski definition) is 3. The van der Waals surface area contributed by atoms with E-state index in [9.17, 15) is 9.59 Å². The molecular formula is C14H13NO3. The van der Waals surface area contributed by atoms with E-state index < -0.39 is 5.97 Å². The molecule has 92 valence electrons. The minimum Gasteiger partial charge on any atom is -0.422 e. The van der Waals surface area contributed by atoms with Gasteiger partial charge in [0.25, 0.3) is 5.56 Å². The molecule has 1 N–H and O–H groups in total. The molecule has 0 aliphatic carbocycles. The Bertz CT molecular complexity index is 679. The van der Waals surface area contributed by atoms with Gasteiger partial charge in [-0.1, -0.05) is 17.7 Å². The lowest BCUT2D eigenvalue weighted by Crippen LogP contribution is -2.10. The second-order valence-electron chi connectivity index (χ2n) is 4.19. The Morgan fingerprint density at radius 3 is 2.72 bits per heavy atom. The topological polar surface area (TPSA) is 59.2 Å². The molecule has 0 aliphatic rings. The van der Waals surface area contributed by atoms with Gasteiger partial charge in [0.05, 0.1) is 5.52 Å². The van der Waals surface area contributed by atoms with Gasteiger partial charge in [-0.3, -0.25) is 4.79 Å². The van der Waals surface area contributed by atoms with Gasteiger partial charge >= 0.3 is 5.97 Å². The number of aromatic nitrogens is 1. The molecule has 0 fully saturated rings. The molecule has 1 aromatic carbocycles. The highest BCUT2D eigenvalue weighted by molar-refractivity contribution is 5.90. The lowest BCUT2D eigenvalue weighted by atomic mass is 10.2. The quantitative estimate of drug-likeness (QED) is 0.650. The fourth-order valence-corrected chi connectivity index (χ4v) is 1.63. The van der Waals surface area contributed by atoms with E-state index in [4.69, 9.17) is 4.74 Å². The SMILES string of the molecule is CC(C)=CC(=O)Oc1cc(=O)[nH]c2ccccc12. The van der Waals surface area contributed by atoms with Crippen molar-refractivity contribution in [3.63, 3.8) is 0 Å². The van der Waals surface area contributed by atoms with Gasteiger partial charge < -0.3 is 9.72 Å². The number of esters is 1. The molecule has 0 bridgehead atoms. The number of rotatable bonds is 2. The van der Waals surface area contributed by atoms with Crippen molar-refractivity contribution in [3.05, 3.63) is 52.3 Å². The number of fused-ring (bicyclic) bond motifs is 1. The fourth-order valence-electron chi connectivity index (χ4n) is 1.63. The second kappa shape index (κ2) is 4.87. The molecule has 18 heavy (non-hydrogen) atoms. The molecule has 1 heterocycles. The number of H-pyrrole nitrogens is 1. The number of carbonyl (C=O) groups excluding carboxylic acids is 1. The van der Waals surface area contributed by atoms with Gasteiger partial charge in [0.1, 0.15) is 5.75 Å². The molecule has 0 amide bonds. The Balaban J connectivity index is 2.47. The summed E-state index contributed by atoms with van der Waals surface area (Å²) < 4.78 is 5.18. The van der Waals surface area contributed by atoms with Crippen LogP contribution in [0.1, 0.15) is 13.8 Å². The molecule has 4 heteroatoms. The Hall–Kier alpha value is -2.36. The zero-order chi connectivity index (χ0) is 13.1. The van der Waals surface area contributed by atoms with E-state index in [1.165, 1.54) is 12.1 Å². The highest BCUT2D eigenvalue weighted by Crippen LogP contribution is 2.21. The first-order valence-electron chi connectivity index (χ1n) is 5.55. The number of carbonyl (C=O) groups is 1. The number of allylic oxidation sites excluding steroid dienone is 1. The summed E-state index contributed by atoms with van der Waals surface area (Å²) in [5.41, 5.74) is 1.19. The van der Waals surface area contributed by atoms with Crippen LogP contribution in [0.2, 0.25) is 0 Å². The number of para-hydroxylation sites is 1. The van der Waals surface area contributed by atoms with Gasteiger partial charge in [0, 0.05) is 17.5 Å². The van der Waals surface area contributed by atoms with Gasteiger partial charge in [-0.15, -0.1) is 0 Å². The van der Waals surface area contributed by atoms with Crippen LogP contribution in [0.3, 0.4) is 0 Å². The first-order chi connectivity index (χ1) is 8.56. The summed E-state index contributed by atoms with van der Waals surface area (Å²) in [6, 6.07) is 8.45. The van der Waals surface area contributed by atoms with E-state index in [1.807, 2.05) is 6.07 Å². The maximum atomic E-state index is 11.6. The third-order valence-electron chi connectivity index (χ3n) is 2.33. The molecule has 0 saturated heterocycles. The van der Waals surface area contributed by atoms with Crippen LogP contribution in [0.25, 0.3) is 10.9 Å². The number of aromatic amines is 1. The Labute approximate surface area is 104 Å². The lowest BCUT2D eigenvalue weighted by Gasteiger charge is -2.05. The highest BCUT2D eigenvalue weighted by atomic mass is 16.5. The van der Waals surface area contributed by atoms with Crippen LogP contribution >= 0.6 is 0 Å². The smallest absolute Gasteiger partial charge is 0.336 e. The number of pyridine rings is 1. The van der Waals surface area contributed by atoms with Crippen LogP contribution in [0.5, 0.6) is 5.75 Å². The zero-order valence-electron chi connectivity index (χ0n) is 10.2. The van der Waals surface area contributed by atoms with Crippen molar-refractivity contribution in [2.24, 2.45) is 0 Å². The minimum atomic E-state index is -0.481. The van der Waals surface area contributed by atoms with Crippen LogP contribution in [-0.2, 0) is 4.79 Å². The Morgan fingerprint density at radius 2 is 2.00 bits per heavy atom. The van der Waals surface area contributed by atoms with E-state index in [-0.39, 0.29) is 11.3 Å². The molecule has 0 aliphatic heterocycles. The van der Waals surface area contributed by atoms with Crippen LogP contribution in [0.4, 0.5) is 0 Å². The maximum Gasteiger partial charge on any atom is 0.336 e. The predicted octanol–water partition coefficient (Wildman–Crippen LogP) is 2.40. The average molecular weight is 243 g/mol. The molecule has 4 nitrogen and oxygen atoms in total. The van der Waals surface area contributed by atoms with E-state index in [1.54, 1.807) is 32.0 Å². The van der Waals surface area contributed by atoms with E-state index >= 15 is 0 Å². The molecule has 0 spiro atoms. The summed E-state index contributed by atoms with van der Waals surface area (Å²) >= 11 is 0. The average Bonchev–Trinajstić information content (AvgIpc) is 2.27. The monoisotopic (exact) mass is 243 g/mol. The van der Waals surface area contributed by atoms with Crippen molar-refractivity contribution in [1.29, 1.82) is 0 Å². The Morgan fingerprint density at radius 1 is 1.28 bits per heavy atom.